The highest BCUT2D eigenvalue weighted by atomic mass is 35.5. The van der Waals surface area contributed by atoms with E-state index in [1.165, 1.54) is 12.1 Å². The normalized spacial score (nSPS) is 12.4. The van der Waals surface area contributed by atoms with E-state index in [9.17, 15) is 4.39 Å². The van der Waals surface area contributed by atoms with Crippen molar-refractivity contribution < 1.29 is 4.39 Å². The molecule has 0 aliphatic rings. The smallest absolute Gasteiger partial charge is 0.124 e. The fourth-order valence-electron chi connectivity index (χ4n) is 1.74. The first-order valence-corrected chi connectivity index (χ1v) is 5.61. The van der Waals surface area contributed by atoms with Crippen molar-refractivity contribution in [3.63, 3.8) is 0 Å². The first-order valence-electron chi connectivity index (χ1n) is 5.24. The molecule has 5 N–H and O–H groups in total. The predicted molar refractivity (Wildman–Crippen MR) is 69.2 cm³/mol. The van der Waals surface area contributed by atoms with E-state index in [0.29, 0.717) is 16.8 Å². The molecule has 1 aromatic heterocycles. The Balaban J connectivity index is 2.49. The van der Waals surface area contributed by atoms with Gasteiger partial charge in [-0.05, 0) is 23.8 Å². The van der Waals surface area contributed by atoms with Crippen LogP contribution >= 0.6 is 11.6 Å². The Labute approximate surface area is 109 Å². The lowest BCUT2D eigenvalue weighted by Gasteiger charge is -2.19. The Morgan fingerprint density at radius 2 is 2.06 bits per heavy atom. The molecular formula is C12H12ClFN4. The minimum atomic E-state index is -0.438. The second-order valence-corrected chi connectivity index (χ2v) is 4.18. The van der Waals surface area contributed by atoms with Gasteiger partial charge in [0.05, 0.1) is 6.04 Å². The van der Waals surface area contributed by atoms with Crippen LogP contribution in [0.3, 0.4) is 0 Å². The van der Waals surface area contributed by atoms with Crippen LogP contribution in [0.2, 0.25) is 5.02 Å². The SMILES string of the molecule is NNC(c1cnccc1N)c1ccc(F)cc1Cl. The molecule has 0 amide bonds. The quantitative estimate of drug-likeness (QED) is 0.587. The van der Waals surface area contributed by atoms with Crippen LogP contribution in [-0.2, 0) is 0 Å². The van der Waals surface area contributed by atoms with Crippen molar-refractivity contribution in [1.82, 2.24) is 10.4 Å². The molecular weight excluding hydrogens is 255 g/mol. The number of benzene rings is 1. The third-order valence-electron chi connectivity index (χ3n) is 2.64. The molecule has 4 nitrogen and oxygen atoms in total. The van der Waals surface area contributed by atoms with Crippen molar-refractivity contribution in [3.05, 3.63) is 58.6 Å². The van der Waals surface area contributed by atoms with E-state index in [4.69, 9.17) is 23.2 Å². The summed E-state index contributed by atoms with van der Waals surface area (Å²) < 4.78 is 13.0. The summed E-state index contributed by atoms with van der Waals surface area (Å²) in [5.74, 6) is 5.12. The Morgan fingerprint density at radius 3 is 2.67 bits per heavy atom. The van der Waals surface area contributed by atoms with Gasteiger partial charge in [0.15, 0.2) is 0 Å². The van der Waals surface area contributed by atoms with Crippen LogP contribution in [0.1, 0.15) is 17.2 Å². The van der Waals surface area contributed by atoms with E-state index in [1.54, 1.807) is 24.5 Å². The summed E-state index contributed by atoms with van der Waals surface area (Å²) in [6, 6.07) is 5.34. The highest BCUT2D eigenvalue weighted by molar-refractivity contribution is 6.31. The van der Waals surface area contributed by atoms with E-state index in [2.05, 4.69) is 10.4 Å². The molecule has 0 radical (unpaired) electrons. The number of nitrogens with two attached hydrogens (primary N) is 2. The zero-order valence-electron chi connectivity index (χ0n) is 9.40. The maximum Gasteiger partial charge on any atom is 0.124 e. The Kier molecular flexibility index (Phi) is 3.76. The van der Waals surface area contributed by atoms with Gasteiger partial charge in [-0.25, -0.2) is 9.82 Å². The van der Waals surface area contributed by atoms with Crippen LogP contribution in [-0.4, -0.2) is 4.98 Å². The first kappa shape index (κ1) is 12.8. The molecule has 1 unspecified atom stereocenters. The number of pyridine rings is 1. The molecule has 2 aromatic rings. The number of halogens is 2. The number of hydrogen-bond donors (Lipinski definition) is 3. The second-order valence-electron chi connectivity index (χ2n) is 3.77. The Morgan fingerprint density at radius 1 is 1.28 bits per heavy atom. The molecule has 0 aliphatic carbocycles. The van der Waals surface area contributed by atoms with Gasteiger partial charge in [-0.1, -0.05) is 17.7 Å². The summed E-state index contributed by atoms with van der Waals surface area (Å²) in [4.78, 5) is 3.99. The third kappa shape index (κ3) is 2.43. The molecule has 0 aliphatic heterocycles. The van der Waals surface area contributed by atoms with Gasteiger partial charge in [-0.15, -0.1) is 0 Å². The summed E-state index contributed by atoms with van der Waals surface area (Å²) in [5, 5.41) is 0.279. The van der Waals surface area contributed by atoms with Crippen molar-refractivity contribution >= 4 is 17.3 Å². The number of nitrogens with one attached hydrogen (secondary N) is 1. The molecule has 94 valence electrons. The molecule has 2 rings (SSSR count). The molecule has 1 atom stereocenters. The van der Waals surface area contributed by atoms with Gasteiger partial charge in [-0.3, -0.25) is 10.8 Å². The topological polar surface area (TPSA) is 77.0 Å². The standard InChI is InChI=1S/C12H12ClFN4/c13-10-5-7(14)1-2-8(10)12(18-16)9-6-17-4-3-11(9)15/h1-6,12,18H,16H2,(H2,15,17). The van der Waals surface area contributed by atoms with Gasteiger partial charge < -0.3 is 5.73 Å². The van der Waals surface area contributed by atoms with Crippen LogP contribution in [0.25, 0.3) is 0 Å². The molecule has 0 spiro atoms. The number of anilines is 1. The van der Waals surface area contributed by atoms with E-state index in [-0.39, 0.29) is 5.02 Å². The molecule has 0 fully saturated rings. The number of hydrazine groups is 1. The van der Waals surface area contributed by atoms with E-state index < -0.39 is 11.9 Å². The lowest BCUT2D eigenvalue weighted by molar-refractivity contribution is 0.615. The van der Waals surface area contributed by atoms with Crippen LogP contribution in [0.15, 0.2) is 36.7 Å². The van der Waals surface area contributed by atoms with Crippen LogP contribution in [0.5, 0.6) is 0 Å². The summed E-state index contributed by atoms with van der Waals surface area (Å²) >= 11 is 6.01. The van der Waals surface area contributed by atoms with E-state index in [1.807, 2.05) is 0 Å². The van der Waals surface area contributed by atoms with Crippen molar-refractivity contribution in [1.29, 1.82) is 0 Å². The van der Waals surface area contributed by atoms with Crippen LogP contribution in [0, 0.1) is 5.82 Å². The summed E-state index contributed by atoms with van der Waals surface area (Å²) in [5.41, 5.74) is 10.3. The van der Waals surface area contributed by atoms with Gasteiger partial charge in [0.25, 0.3) is 0 Å². The fraction of sp³-hybridized carbons (Fsp3) is 0.0833. The third-order valence-corrected chi connectivity index (χ3v) is 2.97. The maximum atomic E-state index is 13.0. The maximum absolute atomic E-state index is 13.0. The summed E-state index contributed by atoms with van der Waals surface area (Å²) in [7, 11) is 0. The zero-order chi connectivity index (χ0) is 13.1. The molecule has 0 saturated carbocycles. The monoisotopic (exact) mass is 266 g/mol. The zero-order valence-corrected chi connectivity index (χ0v) is 10.2. The number of rotatable bonds is 3. The summed E-state index contributed by atoms with van der Waals surface area (Å²) in [6.45, 7) is 0. The minimum Gasteiger partial charge on any atom is -0.398 e. The lowest BCUT2D eigenvalue weighted by atomic mass is 9.99. The van der Waals surface area contributed by atoms with E-state index in [0.717, 1.165) is 0 Å². The van der Waals surface area contributed by atoms with Gasteiger partial charge in [-0.2, -0.15) is 0 Å². The molecule has 1 aromatic carbocycles. The predicted octanol–water partition coefficient (Wildman–Crippen LogP) is 2.01. The highest BCUT2D eigenvalue weighted by Gasteiger charge is 2.18. The van der Waals surface area contributed by atoms with Crippen molar-refractivity contribution in [2.24, 2.45) is 5.84 Å². The minimum absolute atomic E-state index is 0.279. The molecule has 0 bridgehead atoms. The average Bonchev–Trinajstić information content (AvgIpc) is 2.34. The highest BCUT2D eigenvalue weighted by Crippen LogP contribution is 2.30. The van der Waals surface area contributed by atoms with Crippen molar-refractivity contribution in [2.75, 3.05) is 5.73 Å². The number of nitrogens with zero attached hydrogens (tertiary/aromatic N) is 1. The molecule has 18 heavy (non-hydrogen) atoms. The van der Waals surface area contributed by atoms with Gasteiger partial charge in [0.1, 0.15) is 5.82 Å². The van der Waals surface area contributed by atoms with Crippen LogP contribution < -0.4 is 17.0 Å². The number of nitrogen functional groups attached to an aromatic ring is 1. The number of hydrogen-bond acceptors (Lipinski definition) is 4. The molecule has 6 heteroatoms. The van der Waals surface area contributed by atoms with Crippen molar-refractivity contribution in [2.45, 2.75) is 6.04 Å². The second kappa shape index (κ2) is 5.30. The van der Waals surface area contributed by atoms with Crippen LogP contribution in [0.4, 0.5) is 10.1 Å². The largest absolute Gasteiger partial charge is 0.398 e. The van der Waals surface area contributed by atoms with Gasteiger partial charge >= 0.3 is 0 Å². The fourth-order valence-corrected chi connectivity index (χ4v) is 2.02. The van der Waals surface area contributed by atoms with Crippen molar-refractivity contribution in [3.8, 4) is 0 Å². The average molecular weight is 267 g/mol. The molecule has 1 heterocycles. The Hall–Kier alpha value is -1.69. The summed E-state index contributed by atoms with van der Waals surface area (Å²) in [6.07, 6.45) is 3.18. The first-order chi connectivity index (χ1) is 8.63. The lowest BCUT2D eigenvalue weighted by Crippen LogP contribution is -2.29. The number of aromatic nitrogens is 1. The Bertz CT molecular complexity index is 562. The molecule has 0 saturated heterocycles. The van der Waals surface area contributed by atoms with Gasteiger partial charge in [0, 0.05) is 28.7 Å². The van der Waals surface area contributed by atoms with E-state index >= 15 is 0 Å². The van der Waals surface area contributed by atoms with Gasteiger partial charge in [0.2, 0.25) is 0 Å².